The van der Waals surface area contributed by atoms with Crippen molar-refractivity contribution in [3.63, 3.8) is 0 Å². The van der Waals surface area contributed by atoms with Crippen molar-refractivity contribution in [2.45, 2.75) is 96.8 Å². The minimum Gasteiger partial charge on any atom is -0.444 e. The van der Waals surface area contributed by atoms with Crippen LogP contribution in [0.3, 0.4) is 0 Å². The minimum absolute atomic E-state index is 0.179. The van der Waals surface area contributed by atoms with Gasteiger partial charge in [-0.2, -0.15) is 0 Å². The van der Waals surface area contributed by atoms with Crippen LogP contribution in [0.1, 0.15) is 74.5 Å². The Morgan fingerprint density at radius 1 is 1.08 bits per heavy atom. The van der Waals surface area contributed by atoms with Gasteiger partial charge in [-0.05, 0) is 70.6 Å². The number of likely N-dealkylation sites (tertiary alicyclic amines) is 1. The Labute approximate surface area is 155 Å². The molecule has 1 saturated heterocycles. The normalized spacial score (nSPS) is 38.5. The summed E-state index contributed by atoms with van der Waals surface area (Å²) in [6.45, 7) is 8.75. The lowest BCUT2D eigenvalue weighted by molar-refractivity contribution is 0.0183. The predicted octanol–water partition coefficient (Wildman–Crippen LogP) is 3.50. The molecule has 6 atom stereocenters. The molecule has 3 aliphatic carbocycles. The zero-order valence-electron chi connectivity index (χ0n) is 17.5. The van der Waals surface area contributed by atoms with Crippen LogP contribution in [0.5, 0.6) is 0 Å². The van der Waals surface area contributed by atoms with Gasteiger partial charge in [0.15, 0.2) is 0 Å². The second-order valence-electron chi connectivity index (χ2n) is 9.02. The third-order valence-electron chi connectivity index (χ3n) is 6.02. The first-order valence-corrected chi connectivity index (χ1v) is 9.94. The second-order valence-corrected chi connectivity index (χ2v) is 9.02. The molecule has 4 N–H and O–H groups in total. The zero-order valence-corrected chi connectivity index (χ0v) is 16.5. The first-order chi connectivity index (χ1) is 12.1. The van der Waals surface area contributed by atoms with E-state index in [-0.39, 0.29) is 12.1 Å². The van der Waals surface area contributed by atoms with Crippen LogP contribution in [0.2, 0.25) is 0 Å². The van der Waals surface area contributed by atoms with Gasteiger partial charge in [0, 0.05) is 26.0 Å². The summed E-state index contributed by atoms with van der Waals surface area (Å²) in [5, 5.41) is 0. The molecule has 0 unspecified atom stereocenters. The van der Waals surface area contributed by atoms with Crippen molar-refractivity contribution >= 4 is 6.09 Å². The number of nitrogens with two attached hydrogens (primary N) is 2. The second kappa shape index (κ2) is 8.26. The SMILES string of the molecule is CC(C)(C)OC(=O)N1C[C@H]2C[C@@H]1C[C@H]2N.N[C@@H]1C[C@@H]2CC[C@H]1C2.[2H]CC. The van der Waals surface area contributed by atoms with Crippen LogP contribution in [-0.4, -0.2) is 41.3 Å². The molecule has 1 heterocycles. The van der Waals surface area contributed by atoms with Gasteiger partial charge in [-0.15, -0.1) is 0 Å². The summed E-state index contributed by atoms with van der Waals surface area (Å²) in [4.78, 5) is 13.7. The fourth-order valence-electron chi connectivity index (χ4n) is 4.83. The van der Waals surface area contributed by atoms with E-state index in [0.29, 0.717) is 24.9 Å². The van der Waals surface area contributed by atoms with E-state index in [2.05, 4.69) is 0 Å². The minimum atomic E-state index is -0.402. The van der Waals surface area contributed by atoms with Crippen LogP contribution in [0.25, 0.3) is 0 Å². The first-order valence-electron chi connectivity index (χ1n) is 10.6. The Kier molecular flexibility index (Phi) is 6.26. The quantitative estimate of drug-likeness (QED) is 0.697. The number of hydrogen-bond acceptors (Lipinski definition) is 4. The molecule has 0 radical (unpaired) electrons. The maximum atomic E-state index is 11.8. The first kappa shape index (κ1) is 19.0. The molecule has 5 nitrogen and oxygen atoms in total. The topological polar surface area (TPSA) is 81.6 Å². The zero-order chi connectivity index (χ0) is 19.5. The number of nitrogens with zero attached hydrogens (tertiary/aromatic N) is 1. The number of piperidine rings is 1. The highest BCUT2D eigenvalue weighted by Crippen LogP contribution is 2.43. The maximum Gasteiger partial charge on any atom is 0.410 e. The molecule has 3 saturated carbocycles. The molecule has 5 heteroatoms. The molecule has 0 aromatic heterocycles. The summed E-state index contributed by atoms with van der Waals surface area (Å²) < 4.78 is 11.6. The molecule has 0 spiro atoms. The van der Waals surface area contributed by atoms with E-state index < -0.39 is 5.60 Å². The molecule has 4 fully saturated rings. The standard InChI is InChI=1S/C11H20N2O2.C7H13N.C2H6/c1-11(2,3)15-10(14)13-6-7-4-8(13)5-9(7)12;8-7-4-5-1-2-6(7)3-5;1-2/h7-9H,4-6,12H2,1-3H3;5-7H,1-4,8H2;1-2H3/t7-,8-,9-;5-,6+,7-;/m11./s1/i;;1D. The molecule has 25 heavy (non-hydrogen) atoms. The lowest BCUT2D eigenvalue weighted by atomic mass is 9.96. The Balaban J connectivity index is 0.000000184. The highest BCUT2D eigenvalue weighted by molar-refractivity contribution is 5.69. The Morgan fingerprint density at radius 2 is 1.72 bits per heavy atom. The van der Waals surface area contributed by atoms with Gasteiger partial charge < -0.3 is 21.1 Å². The summed E-state index contributed by atoms with van der Waals surface area (Å²) >= 11 is 0. The summed E-state index contributed by atoms with van der Waals surface area (Å²) in [6.07, 6.45) is 7.47. The summed E-state index contributed by atoms with van der Waals surface area (Å²) in [5.41, 5.74) is 11.3. The van der Waals surface area contributed by atoms with Crippen LogP contribution in [0.15, 0.2) is 0 Å². The lowest BCUT2D eigenvalue weighted by Gasteiger charge is -2.31. The van der Waals surface area contributed by atoms with Crippen LogP contribution in [0, 0.1) is 17.8 Å². The van der Waals surface area contributed by atoms with Gasteiger partial charge in [-0.3, -0.25) is 0 Å². The number of ether oxygens (including phenoxy) is 1. The third kappa shape index (κ3) is 5.10. The Bertz CT molecular complexity index is 464. The van der Waals surface area contributed by atoms with Crippen LogP contribution < -0.4 is 11.5 Å². The molecule has 1 aliphatic heterocycles. The maximum absolute atomic E-state index is 11.8. The van der Waals surface area contributed by atoms with Crippen LogP contribution in [-0.2, 0) is 4.74 Å². The molecular weight excluding hydrogens is 314 g/mol. The van der Waals surface area contributed by atoms with Crippen molar-refractivity contribution < 1.29 is 10.9 Å². The third-order valence-corrected chi connectivity index (χ3v) is 6.02. The predicted molar refractivity (Wildman–Crippen MR) is 102 cm³/mol. The van der Waals surface area contributed by atoms with E-state index in [1.807, 2.05) is 25.7 Å². The molecule has 0 aromatic rings. The molecule has 4 aliphatic rings. The van der Waals surface area contributed by atoms with Crippen molar-refractivity contribution in [1.82, 2.24) is 4.90 Å². The number of rotatable bonds is 0. The molecule has 4 rings (SSSR count). The Morgan fingerprint density at radius 3 is 2.04 bits per heavy atom. The largest absolute Gasteiger partial charge is 0.444 e. The van der Waals surface area contributed by atoms with Crippen LogP contribution >= 0.6 is 0 Å². The Hall–Kier alpha value is -0.810. The van der Waals surface area contributed by atoms with Gasteiger partial charge in [-0.25, -0.2) is 4.79 Å². The van der Waals surface area contributed by atoms with Crippen molar-refractivity contribution in [3.05, 3.63) is 0 Å². The van der Waals surface area contributed by atoms with Gasteiger partial charge in [0.25, 0.3) is 0 Å². The molecular formula is C20H39N3O2. The smallest absolute Gasteiger partial charge is 0.410 e. The molecule has 1 amide bonds. The van der Waals surface area contributed by atoms with Crippen molar-refractivity contribution in [2.24, 2.45) is 29.2 Å². The van der Waals surface area contributed by atoms with Crippen molar-refractivity contribution in [3.8, 4) is 0 Å². The fraction of sp³-hybridized carbons (Fsp3) is 0.950. The van der Waals surface area contributed by atoms with E-state index in [4.69, 9.17) is 17.6 Å². The number of carbonyl (C=O) groups is 1. The van der Waals surface area contributed by atoms with Gasteiger partial charge in [0.1, 0.15) is 5.60 Å². The summed E-state index contributed by atoms with van der Waals surface area (Å²) in [6, 6.07) is 1.18. The van der Waals surface area contributed by atoms with E-state index >= 15 is 0 Å². The number of amides is 1. The van der Waals surface area contributed by atoms with Crippen molar-refractivity contribution in [2.75, 3.05) is 6.54 Å². The van der Waals surface area contributed by atoms with E-state index in [9.17, 15) is 4.79 Å². The van der Waals surface area contributed by atoms with Crippen molar-refractivity contribution in [1.29, 1.82) is 0 Å². The van der Waals surface area contributed by atoms with E-state index in [0.717, 1.165) is 31.2 Å². The van der Waals surface area contributed by atoms with Crippen LogP contribution in [0.4, 0.5) is 4.79 Å². The number of carbonyl (C=O) groups excluding carboxylic acids is 1. The number of hydrogen-bond donors (Lipinski definition) is 2. The monoisotopic (exact) mass is 354 g/mol. The molecule has 0 aromatic carbocycles. The van der Waals surface area contributed by atoms with Gasteiger partial charge in [0.05, 0.1) is 0 Å². The van der Waals surface area contributed by atoms with E-state index in [1.54, 1.807) is 6.92 Å². The average molecular weight is 355 g/mol. The lowest BCUT2D eigenvalue weighted by Crippen LogP contribution is -2.46. The van der Waals surface area contributed by atoms with E-state index in [1.165, 1.54) is 25.7 Å². The molecule has 4 bridgehead atoms. The molecule has 146 valence electrons. The summed E-state index contributed by atoms with van der Waals surface area (Å²) in [7, 11) is 0. The fourth-order valence-corrected chi connectivity index (χ4v) is 4.83. The number of fused-ring (bicyclic) bond motifs is 4. The average Bonchev–Trinajstić information content (AvgIpc) is 3.25. The highest BCUT2D eigenvalue weighted by atomic mass is 16.6. The van der Waals surface area contributed by atoms with Gasteiger partial charge in [0.2, 0.25) is 0 Å². The van der Waals surface area contributed by atoms with Gasteiger partial charge >= 0.3 is 6.09 Å². The highest BCUT2D eigenvalue weighted by Gasteiger charge is 2.46. The summed E-state index contributed by atoms with van der Waals surface area (Å²) in [5.74, 6) is 2.43. The van der Waals surface area contributed by atoms with Gasteiger partial charge in [-0.1, -0.05) is 20.2 Å².